The van der Waals surface area contributed by atoms with E-state index in [9.17, 15) is 0 Å². The lowest BCUT2D eigenvalue weighted by Crippen LogP contribution is -2.59. The van der Waals surface area contributed by atoms with E-state index in [1.54, 1.807) is 0 Å². The van der Waals surface area contributed by atoms with E-state index < -0.39 is 0 Å². The van der Waals surface area contributed by atoms with E-state index in [1.165, 1.54) is 0 Å². The van der Waals surface area contributed by atoms with E-state index >= 15 is 0 Å². The molecule has 2 aliphatic heterocycles. The average molecular weight is 208 g/mol. The summed E-state index contributed by atoms with van der Waals surface area (Å²) in [4.78, 5) is 0. The third-order valence-electron chi connectivity index (χ3n) is 4.71. The molecule has 0 amide bonds. The number of ether oxygens (including phenoxy) is 2. The van der Waals surface area contributed by atoms with Gasteiger partial charge in [0.05, 0.1) is 0 Å². The Hall–Kier alpha value is -0.340. The maximum absolute atomic E-state index is 6.30. The lowest BCUT2D eigenvalue weighted by atomic mass is 9.59. The van der Waals surface area contributed by atoms with Crippen molar-refractivity contribution in [2.75, 3.05) is 0 Å². The number of rotatable bonds is 0. The normalized spacial score (nSPS) is 55.7. The topological polar surface area (TPSA) is 18.5 Å². The minimum Gasteiger partial charge on any atom is -0.340 e. The first kappa shape index (κ1) is 9.86. The number of fused-ring (bicyclic) bond motifs is 1. The van der Waals surface area contributed by atoms with Crippen molar-refractivity contribution in [3.8, 4) is 0 Å². The predicted octanol–water partition coefficient (Wildman–Crippen LogP) is 3.03. The van der Waals surface area contributed by atoms with Crippen molar-refractivity contribution >= 4 is 0 Å². The van der Waals surface area contributed by atoms with Crippen LogP contribution in [0.3, 0.4) is 0 Å². The highest BCUT2D eigenvalue weighted by Gasteiger charge is 2.71. The summed E-state index contributed by atoms with van der Waals surface area (Å²) in [5.41, 5.74) is -0.157. The lowest BCUT2D eigenvalue weighted by molar-refractivity contribution is -0.159. The molecule has 0 unspecified atom stereocenters. The zero-order valence-electron chi connectivity index (χ0n) is 10.1. The van der Waals surface area contributed by atoms with Gasteiger partial charge in [-0.25, -0.2) is 0 Å². The van der Waals surface area contributed by atoms with Gasteiger partial charge in [-0.3, -0.25) is 0 Å². The zero-order chi connectivity index (χ0) is 10.9. The minimum absolute atomic E-state index is 0.108. The fourth-order valence-electron chi connectivity index (χ4n) is 3.89. The van der Waals surface area contributed by atoms with E-state index in [0.29, 0.717) is 0 Å². The Kier molecular flexibility index (Phi) is 1.53. The van der Waals surface area contributed by atoms with E-state index in [0.717, 1.165) is 19.3 Å². The Balaban J connectivity index is 2.17. The van der Waals surface area contributed by atoms with Gasteiger partial charge in [-0.2, -0.15) is 0 Å². The molecule has 0 aromatic heterocycles. The molecule has 2 heteroatoms. The van der Waals surface area contributed by atoms with Gasteiger partial charge in [0.25, 0.3) is 0 Å². The quantitative estimate of drug-likeness (QED) is 0.570. The maximum atomic E-state index is 6.30. The minimum atomic E-state index is -0.347. The Morgan fingerprint density at radius 3 is 2.33 bits per heavy atom. The van der Waals surface area contributed by atoms with Crippen molar-refractivity contribution in [1.82, 2.24) is 0 Å². The number of hydrogen-bond acceptors (Lipinski definition) is 2. The zero-order valence-corrected chi connectivity index (χ0v) is 10.1. The van der Waals surface area contributed by atoms with Gasteiger partial charge < -0.3 is 9.47 Å². The van der Waals surface area contributed by atoms with Crippen LogP contribution in [0, 0.1) is 5.41 Å². The summed E-state index contributed by atoms with van der Waals surface area (Å²) in [5, 5.41) is 0. The highest BCUT2D eigenvalue weighted by Crippen LogP contribution is 2.64. The van der Waals surface area contributed by atoms with Gasteiger partial charge in [-0.1, -0.05) is 26.0 Å². The summed E-state index contributed by atoms with van der Waals surface area (Å²) in [7, 11) is 0. The van der Waals surface area contributed by atoms with Gasteiger partial charge in [0.15, 0.2) is 5.79 Å². The van der Waals surface area contributed by atoms with Crippen LogP contribution in [-0.4, -0.2) is 17.0 Å². The second-order valence-corrected chi connectivity index (χ2v) is 6.26. The van der Waals surface area contributed by atoms with Gasteiger partial charge >= 0.3 is 0 Å². The largest absolute Gasteiger partial charge is 0.340 e. The van der Waals surface area contributed by atoms with Crippen LogP contribution in [0.15, 0.2) is 12.2 Å². The Labute approximate surface area is 91.6 Å². The van der Waals surface area contributed by atoms with Gasteiger partial charge in [0.1, 0.15) is 11.2 Å². The second kappa shape index (κ2) is 2.33. The second-order valence-electron chi connectivity index (χ2n) is 6.26. The molecule has 3 aliphatic rings. The van der Waals surface area contributed by atoms with Crippen LogP contribution in [0.1, 0.15) is 47.0 Å². The van der Waals surface area contributed by atoms with Gasteiger partial charge in [-0.15, -0.1) is 0 Å². The monoisotopic (exact) mass is 208 g/mol. The van der Waals surface area contributed by atoms with Crippen molar-refractivity contribution in [2.24, 2.45) is 5.41 Å². The van der Waals surface area contributed by atoms with Crippen LogP contribution < -0.4 is 0 Å². The Morgan fingerprint density at radius 2 is 1.73 bits per heavy atom. The van der Waals surface area contributed by atoms with Crippen molar-refractivity contribution in [2.45, 2.75) is 63.9 Å². The summed E-state index contributed by atoms with van der Waals surface area (Å²) in [6, 6.07) is 0. The molecule has 0 aromatic carbocycles. The van der Waals surface area contributed by atoms with Crippen LogP contribution in [0.25, 0.3) is 0 Å². The van der Waals surface area contributed by atoms with Crippen molar-refractivity contribution < 1.29 is 9.47 Å². The smallest absolute Gasteiger partial charge is 0.167 e. The maximum Gasteiger partial charge on any atom is 0.167 e. The fourth-order valence-corrected chi connectivity index (χ4v) is 3.89. The first-order valence-corrected chi connectivity index (χ1v) is 5.91. The van der Waals surface area contributed by atoms with E-state index in [2.05, 4.69) is 39.8 Å². The molecule has 0 N–H and O–H groups in total. The van der Waals surface area contributed by atoms with Gasteiger partial charge in [-0.05, 0) is 26.7 Å². The van der Waals surface area contributed by atoms with Crippen molar-refractivity contribution in [3.63, 3.8) is 0 Å². The lowest BCUT2D eigenvalue weighted by Gasteiger charge is -2.51. The Morgan fingerprint density at radius 1 is 1.00 bits per heavy atom. The van der Waals surface area contributed by atoms with E-state index in [4.69, 9.17) is 9.47 Å². The van der Waals surface area contributed by atoms with Crippen LogP contribution in [0.5, 0.6) is 0 Å². The highest BCUT2D eigenvalue weighted by atomic mass is 16.8. The standard InChI is InChI=1S/C13H20O2/c1-10(2)6-5-7-11(3)13(10)9-8-12(4,14-11)15-13/h5,7H,6,8-9H2,1-4H3/t11-,12+,13+/m0/s1. The molecule has 15 heavy (non-hydrogen) atoms. The SMILES string of the molecule is CC1(C)CC=C[C@]2(C)O[C@@]3(C)CC[C@@]12O3. The van der Waals surface area contributed by atoms with Crippen LogP contribution in [0.2, 0.25) is 0 Å². The fraction of sp³-hybridized carbons (Fsp3) is 0.846. The molecule has 2 heterocycles. The molecule has 2 fully saturated rings. The molecule has 0 radical (unpaired) electrons. The number of allylic oxidation sites excluding steroid dienone is 1. The summed E-state index contributed by atoms with van der Waals surface area (Å²) >= 11 is 0. The molecule has 1 aliphatic carbocycles. The summed E-state index contributed by atoms with van der Waals surface area (Å²) in [6.45, 7) is 8.86. The molecular formula is C13H20O2. The molecule has 2 nitrogen and oxygen atoms in total. The number of hydrogen-bond donors (Lipinski definition) is 0. The Bertz CT molecular complexity index is 346. The van der Waals surface area contributed by atoms with E-state index in [1.807, 2.05) is 0 Å². The molecule has 0 aromatic rings. The first-order chi connectivity index (χ1) is 6.83. The summed E-state index contributed by atoms with van der Waals surface area (Å²) in [6.07, 6.45) is 7.70. The van der Waals surface area contributed by atoms with Crippen LogP contribution >= 0.6 is 0 Å². The van der Waals surface area contributed by atoms with Crippen LogP contribution in [-0.2, 0) is 9.47 Å². The summed E-state index contributed by atoms with van der Waals surface area (Å²) < 4.78 is 12.5. The highest BCUT2D eigenvalue weighted by molar-refractivity contribution is 5.27. The van der Waals surface area contributed by atoms with Crippen molar-refractivity contribution in [3.05, 3.63) is 12.2 Å². The molecule has 2 bridgehead atoms. The van der Waals surface area contributed by atoms with Crippen LogP contribution in [0.4, 0.5) is 0 Å². The first-order valence-electron chi connectivity index (χ1n) is 5.91. The van der Waals surface area contributed by atoms with Crippen molar-refractivity contribution in [1.29, 1.82) is 0 Å². The van der Waals surface area contributed by atoms with Gasteiger partial charge in [0, 0.05) is 11.8 Å². The predicted molar refractivity (Wildman–Crippen MR) is 58.5 cm³/mol. The molecule has 84 valence electrons. The third kappa shape index (κ3) is 0.931. The molecular weight excluding hydrogens is 188 g/mol. The summed E-state index contributed by atoms with van der Waals surface area (Å²) in [5.74, 6) is -0.347. The molecule has 3 rings (SSSR count). The molecule has 0 saturated carbocycles. The third-order valence-corrected chi connectivity index (χ3v) is 4.71. The average Bonchev–Trinajstić information content (AvgIpc) is 2.52. The van der Waals surface area contributed by atoms with E-state index in [-0.39, 0.29) is 22.4 Å². The van der Waals surface area contributed by atoms with Gasteiger partial charge in [0.2, 0.25) is 0 Å². The molecule has 2 saturated heterocycles. The molecule has 1 spiro atoms. The molecule has 3 atom stereocenters.